The maximum absolute atomic E-state index is 6.00. The highest BCUT2D eigenvalue weighted by molar-refractivity contribution is 5.61. The highest BCUT2D eigenvalue weighted by Crippen LogP contribution is 2.46. The molecule has 19 heavy (non-hydrogen) atoms. The molecule has 0 amide bonds. The molecule has 1 aromatic rings. The average Bonchev–Trinajstić information content (AvgIpc) is 2.52. The summed E-state index contributed by atoms with van der Waals surface area (Å²) in [6, 6.07) is 4.95. The van der Waals surface area contributed by atoms with Crippen LogP contribution in [0.5, 0.6) is 5.75 Å². The largest absolute Gasteiger partial charge is 0.492 e. The van der Waals surface area contributed by atoms with E-state index in [2.05, 4.69) is 65.9 Å². The van der Waals surface area contributed by atoms with Crippen LogP contribution in [-0.4, -0.2) is 12.6 Å². The number of hydrogen-bond acceptors (Lipinski definition) is 2. The van der Waals surface area contributed by atoms with E-state index >= 15 is 0 Å². The second kappa shape index (κ2) is 4.43. The van der Waals surface area contributed by atoms with Gasteiger partial charge < -0.3 is 10.1 Å². The summed E-state index contributed by atoms with van der Waals surface area (Å²) in [5.41, 5.74) is 4.04. The lowest BCUT2D eigenvalue weighted by Crippen LogP contribution is -2.19. The summed E-state index contributed by atoms with van der Waals surface area (Å²) in [5, 5.41) is 3.53. The van der Waals surface area contributed by atoms with Gasteiger partial charge in [0.1, 0.15) is 5.75 Å². The Kier molecular flexibility index (Phi) is 3.32. The van der Waals surface area contributed by atoms with Crippen LogP contribution >= 0.6 is 0 Å². The third-order valence-corrected chi connectivity index (χ3v) is 3.66. The fourth-order valence-corrected chi connectivity index (χ4v) is 2.59. The zero-order valence-corrected chi connectivity index (χ0v) is 13.3. The summed E-state index contributed by atoms with van der Waals surface area (Å²) in [5.74, 6) is 1.10. The zero-order valence-electron chi connectivity index (χ0n) is 13.3. The second-order valence-electron chi connectivity index (χ2n) is 7.62. The number of rotatable bonds is 2. The molecule has 0 radical (unpaired) electrons. The standard InChI is InChI=1S/C17H27NO/c1-11(2)18-12-8-13(16(3,4)5)15-14(9-12)17(6,7)10-19-15/h8-9,11,18H,10H2,1-7H3. The van der Waals surface area contributed by atoms with Gasteiger partial charge in [-0.1, -0.05) is 34.6 Å². The minimum atomic E-state index is 0.0964. The molecule has 0 saturated heterocycles. The molecule has 0 spiro atoms. The van der Waals surface area contributed by atoms with E-state index in [4.69, 9.17) is 4.74 Å². The summed E-state index contributed by atoms with van der Waals surface area (Å²) >= 11 is 0. The molecule has 2 rings (SSSR count). The van der Waals surface area contributed by atoms with Gasteiger partial charge in [-0.2, -0.15) is 0 Å². The van der Waals surface area contributed by atoms with Crippen molar-refractivity contribution in [3.63, 3.8) is 0 Å². The SMILES string of the molecule is CC(C)Nc1cc(C(C)(C)C)c2c(c1)C(C)(C)CO2. The molecule has 1 aliphatic heterocycles. The number of benzene rings is 1. The van der Waals surface area contributed by atoms with Crippen LogP contribution in [0.2, 0.25) is 0 Å². The van der Waals surface area contributed by atoms with E-state index < -0.39 is 0 Å². The van der Waals surface area contributed by atoms with Gasteiger partial charge in [0, 0.05) is 28.3 Å². The van der Waals surface area contributed by atoms with Crippen LogP contribution < -0.4 is 10.1 Å². The number of fused-ring (bicyclic) bond motifs is 1. The first-order chi connectivity index (χ1) is 8.61. The van der Waals surface area contributed by atoms with Crippen LogP contribution in [0.25, 0.3) is 0 Å². The first kappa shape index (κ1) is 14.2. The van der Waals surface area contributed by atoms with Gasteiger partial charge in [-0.25, -0.2) is 0 Å². The first-order valence-electron chi connectivity index (χ1n) is 7.19. The van der Waals surface area contributed by atoms with Gasteiger partial charge in [0.2, 0.25) is 0 Å². The summed E-state index contributed by atoms with van der Waals surface area (Å²) in [4.78, 5) is 0. The van der Waals surface area contributed by atoms with E-state index in [-0.39, 0.29) is 10.8 Å². The van der Waals surface area contributed by atoms with E-state index in [1.807, 2.05) is 0 Å². The predicted octanol–water partition coefficient (Wildman–Crippen LogP) is 4.47. The third-order valence-electron chi connectivity index (χ3n) is 3.66. The van der Waals surface area contributed by atoms with Crippen LogP contribution in [0.15, 0.2) is 12.1 Å². The fraction of sp³-hybridized carbons (Fsp3) is 0.647. The Balaban J connectivity index is 2.58. The lowest BCUT2D eigenvalue weighted by Gasteiger charge is -2.25. The number of anilines is 1. The monoisotopic (exact) mass is 261 g/mol. The minimum Gasteiger partial charge on any atom is -0.492 e. The van der Waals surface area contributed by atoms with E-state index in [9.17, 15) is 0 Å². The first-order valence-corrected chi connectivity index (χ1v) is 7.19. The number of nitrogens with one attached hydrogen (secondary N) is 1. The van der Waals surface area contributed by atoms with Crippen LogP contribution in [0.1, 0.15) is 59.6 Å². The lowest BCUT2D eigenvalue weighted by molar-refractivity contribution is 0.286. The van der Waals surface area contributed by atoms with Crippen molar-refractivity contribution >= 4 is 5.69 Å². The third kappa shape index (κ3) is 2.72. The molecule has 0 saturated carbocycles. The molecule has 0 aromatic heterocycles. The molecule has 0 fully saturated rings. The molecule has 0 bridgehead atoms. The van der Waals surface area contributed by atoms with Crippen molar-refractivity contribution < 1.29 is 4.74 Å². The van der Waals surface area contributed by atoms with Crippen molar-refractivity contribution in [1.82, 2.24) is 0 Å². The summed E-state index contributed by atoms with van der Waals surface area (Å²) in [6.45, 7) is 16.4. The maximum atomic E-state index is 6.00. The van der Waals surface area contributed by atoms with Gasteiger partial charge in [-0.3, -0.25) is 0 Å². The molecule has 106 valence electrons. The minimum absolute atomic E-state index is 0.0964. The van der Waals surface area contributed by atoms with E-state index in [0.29, 0.717) is 6.04 Å². The maximum Gasteiger partial charge on any atom is 0.127 e. The zero-order chi connectivity index (χ0) is 14.4. The fourth-order valence-electron chi connectivity index (χ4n) is 2.59. The molecule has 1 aromatic carbocycles. The summed E-state index contributed by atoms with van der Waals surface area (Å²) in [7, 11) is 0. The van der Waals surface area contributed by atoms with Crippen LogP contribution in [-0.2, 0) is 10.8 Å². The topological polar surface area (TPSA) is 21.3 Å². The smallest absolute Gasteiger partial charge is 0.127 e. The second-order valence-corrected chi connectivity index (χ2v) is 7.62. The van der Waals surface area contributed by atoms with Gasteiger partial charge in [0.15, 0.2) is 0 Å². The van der Waals surface area contributed by atoms with Crippen LogP contribution in [0.4, 0.5) is 5.69 Å². The normalized spacial score (nSPS) is 17.3. The molecule has 1 N–H and O–H groups in total. The molecule has 0 atom stereocenters. The van der Waals surface area contributed by atoms with Crippen molar-refractivity contribution in [2.75, 3.05) is 11.9 Å². The van der Waals surface area contributed by atoms with E-state index in [1.54, 1.807) is 0 Å². The van der Waals surface area contributed by atoms with Crippen molar-refractivity contribution in [1.29, 1.82) is 0 Å². The Morgan fingerprint density at radius 2 is 1.84 bits per heavy atom. The van der Waals surface area contributed by atoms with Gasteiger partial charge in [-0.05, 0) is 31.4 Å². The van der Waals surface area contributed by atoms with Crippen molar-refractivity contribution in [3.05, 3.63) is 23.3 Å². The van der Waals surface area contributed by atoms with Gasteiger partial charge in [-0.15, -0.1) is 0 Å². The molecule has 1 aliphatic rings. The molecular formula is C17H27NO. The Morgan fingerprint density at radius 1 is 1.21 bits per heavy atom. The van der Waals surface area contributed by atoms with Crippen LogP contribution in [0, 0.1) is 0 Å². The Bertz CT molecular complexity index is 481. The summed E-state index contributed by atoms with van der Waals surface area (Å²) < 4.78 is 6.00. The summed E-state index contributed by atoms with van der Waals surface area (Å²) in [6.07, 6.45) is 0. The Labute approximate surface area is 117 Å². The molecule has 0 aliphatic carbocycles. The van der Waals surface area contributed by atoms with Gasteiger partial charge >= 0.3 is 0 Å². The highest BCUT2D eigenvalue weighted by Gasteiger charge is 2.36. The highest BCUT2D eigenvalue weighted by atomic mass is 16.5. The predicted molar refractivity (Wildman–Crippen MR) is 82.4 cm³/mol. The number of hydrogen-bond donors (Lipinski definition) is 1. The molecular weight excluding hydrogens is 234 g/mol. The van der Waals surface area contributed by atoms with Gasteiger partial charge in [0.05, 0.1) is 6.61 Å². The molecule has 1 heterocycles. The molecule has 0 unspecified atom stereocenters. The van der Waals surface area contributed by atoms with Gasteiger partial charge in [0.25, 0.3) is 0 Å². The Morgan fingerprint density at radius 3 is 2.37 bits per heavy atom. The molecule has 2 nitrogen and oxygen atoms in total. The number of ether oxygens (including phenoxy) is 1. The van der Waals surface area contributed by atoms with E-state index in [1.165, 1.54) is 16.8 Å². The average molecular weight is 261 g/mol. The Hall–Kier alpha value is -1.18. The van der Waals surface area contributed by atoms with Crippen molar-refractivity contribution in [3.8, 4) is 5.75 Å². The van der Waals surface area contributed by atoms with E-state index in [0.717, 1.165) is 12.4 Å². The quantitative estimate of drug-likeness (QED) is 0.848. The van der Waals surface area contributed by atoms with Crippen LogP contribution in [0.3, 0.4) is 0 Å². The van der Waals surface area contributed by atoms with Crippen molar-refractivity contribution in [2.45, 2.75) is 65.3 Å². The lowest BCUT2D eigenvalue weighted by atomic mass is 9.80. The molecule has 2 heteroatoms. The van der Waals surface area contributed by atoms with Crippen molar-refractivity contribution in [2.24, 2.45) is 0 Å².